The Morgan fingerprint density at radius 3 is 1.96 bits per heavy atom. The lowest BCUT2D eigenvalue weighted by Gasteiger charge is -2.28. The molecule has 4 N–H and O–H groups in total. The van der Waals surface area contributed by atoms with Crippen LogP contribution in [0.25, 0.3) is 0 Å². The highest BCUT2D eigenvalue weighted by Gasteiger charge is 2.29. The van der Waals surface area contributed by atoms with Crippen molar-refractivity contribution in [3.05, 3.63) is 132 Å². The van der Waals surface area contributed by atoms with Gasteiger partial charge in [-0.05, 0) is 66.1 Å². The molecule has 3 atom stereocenters. The molecule has 1 unspecified atom stereocenters. The van der Waals surface area contributed by atoms with E-state index in [1.807, 2.05) is 123 Å². The number of para-hydroxylation sites is 1. The van der Waals surface area contributed by atoms with Crippen molar-refractivity contribution in [3.8, 4) is 11.5 Å². The average molecular weight is 636 g/mol. The van der Waals surface area contributed by atoms with Crippen LogP contribution in [0.4, 0.5) is 0 Å². The van der Waals surface area contributed by atoms with Gasteiger partial charge in [-0.3, -0.25) is 14.4 Å². The van der Waals surface area contributed by atoms with Gasteiger partial charge in [-0.15, -0.1) is 0 Å². The number of aliphatic hydroxyl groups is 1. The van der Waals surface area contributed by atoms with Gasteiger partial charge < -0.3 is 25.8 Å². The molecule has 4 aromatic carbocycles. The number of hydrogen-bond donors (Lipinski definition) is 4. The molecule has 0 aliphatic rings. The Labute approximate surface area is 277 Å². The Balaban J connectivity index is 1.34. The molecule has 0 aliphatic carbocycles. The van der Waals surface area contributed by atoms with Crippen LogP contribution in [0, 0.1) is 5.92 Å². The number of carbonyl (C=O) groups is 3. The van der Waals surface area contributed by atoms with Crippen molar-refractivity contribution in [3.63, 3.8) is 0 Å². The summed E-state index contributed by atoms with van der Waals surface area (Å²) >= 11 is 0. The van der Waals surface area contributed by atoms with E-state index in [9.17, 15) is 19.5 Å². The maximum atomic E-state index is 13.6. The molecule has 3 amide bonds. The van der Waals surface area contributed by atoms with Crippen LogP contribution < -0.4 is 20.7 Å². The quantitative estimate of drug-likeness (QED) is 0.124. The van der Waals surface area contributed by atoms with Crippen LogP contribution in [-0.4, -0.2) is 47.6 Å². The molecule has 0 saturated carbocycles. The minimum Gasteiger partial charge on any atom is -0.457 e. The summed E-state index contributed by atoms with van der Waals surface area (Å²) in [4.78, 5) is 39.3. The summed E-state index contributed by atoms with van der Waals surface area (Å²) in [7, 11) is 0. The van der Waals surface area contributed by atoms with Gasteiger partial charge in [-0.25, -0.2) is 0 Å². The van der Waals surface area contributed by atoms with Crippen molar-refractivity contribution in [1.82, 2.24) is 16.0 Å². The zero-order valence-electron chi connectivity index (χ0n) is 27.1. The molecule has 0 spiro atoms. The molecule has 0 aromatic heterocycles. The molecule has 4 rings (SSSR count). The molecule has 0 fully saturated rings. The first-order valence-corrected chi connectivity index (χ1v) is 16.2. The van der Waals surface area contributed by atoms with Gasteiger partial charge in [0.1, 0.15) is 17.5 Å². The summed E-state index contributed by atoms with van der Waals surface area (Å²) in [5, 5.41) is 20.0. The second kappa shape index (κ2) is 18.3. The van der Waals surface area contributed by atoms with Crippen molar-refractivity contribution in [2.75, 3.05) is 6.54 Å². The van der Waals surface area contributed by atoms with Gasteiger partial charge in [0.15, 0.2) is 0 Å². The van der Waals surface area contributed by atoms with Crippen molar-refractivity contribution in [2.24, 2.45) is 5.92 Å². The average Bonchev–Trinajstić information content (AvgIpc) is 3.07. The van der Waals surface area contributed by atoms with Crippen LogP contribution in [-0.2, 0) is 33.6 Å². The molecular weight excluding hydrogens is 590 g/mol. The second-order valence-electron chi connectivity index (χ2n) is 12.0. The lowest BCUT2D eigenvalue weighted by atomic mass is 9.96. The number of ether oxygens (including phenoxy) is 1. The monoisotopic (exact) mass is 635 g/mol. The minimum atomic E-state index is -0.977. The molecule has 0 heterocycles. The largest absolute Gasteiger partial charge is 0.457 e. The van der Waals surface area contributed by atoms with Gasteiger partial charge in [-0.2, -0.15) is 0 Å². The number of amides is 3. The van der Waals surface area contributed by atoms with Crippen LogP contribution in [0.3, 0.4) is 0 Å². The number of aliphatic hydroxyl groups excluding tert-OH is 1. The molecule has 4 aromatic rings. The third-order valence-electron chi connectivity index (χ3n) is 7.84. The predicted molar refractivity (Wildman–Crippen MR) is 184 cm³/mol. The van der Waals surface area contributed by atoms with Gasteiger partial charge in [0.05, 0.1) is 18.6 Å². The molecule has 0 radical (unpaired) electrons. The molecule has 47 heavy (non-hydrogen) atoms. The van der Waals surface area contributed by atoms with Crippen molar-refractivity contribution < 1.29 is 24.2 Å². The van der Waals surface area contributed by atoms with Gasteiger partial charge >= 0.3 is 0 Å². The Morgan fingerprint density at radius 2 is 1.30 bits per heavy atom. The molecule has 8 heteroatoms. The van der Waals surface area contributed by atoms with E-state index in [0.717, 1.165) is 23.1 Å². The van der Waals surface area contributed by atoms with Gasteiger partial charge in [0.25, 0.3) is 0 Å². The number of hydrogen-bond acceptors (Lipinski definition) is 5. The fraction of sp³-hybridized carbons (Fsp3) is 0.308. The number of benzene rings is 4. The van der Waals surface area contributed by atoms with Crippen molar-refractivity contribution >= 4 is 17.7 Å². The molecular formula is C39H45N3O5. The highest BCUT2D eigenvalue weighted by atomic mass is 16.5. The topological polar surface area (TPSA) is 117 Å². The first-order valence-electron chi connectivity index (χ1n) is 16.2. The van der Waals surface area contributed by atoms with Crippen LogP contribution >= 0.6 is 0 Å². The number of carbonyl (C=O) groups excluding carboxylic acids is 3. The maximum Gasteiger partial charge on any atom is 0.243 e. The highest BCUT2D eigenvalue weighted by molar-refractivity contribution is 5.88. The Hall–Kier alpha value is -4.95. The summed E-state index contributed by atoms with van der Waals surface area (Å²) in [5.41, 5.74) is 2.82. The Kier molecular flexibility index (Phi) is 13.6. The smallest absolute Gasteiger partial charge is 0.243 e. The molecule has 8 nitrogen and oxygen atoms in total. The zero-order chi connectivity index (χ0) is 33.4. The Morgan fingerprint density at radius 1 is 0.702 bits per heavy atom. The van der Waals surface area contributed by atoms with Gasteiger partial charge in [0, 0.05) is 13.0 Å². The van der Waals surface area contributed by atoms with Gasteiger partial charge in [0.2, 0.25) is 17.7 Å². The first kappa shape index (κ1) is 34.9. The van der Waals surface area contributed by atoms with Crippen LogP contribution in [0.5, 0.6) is 11.5 Å². The minimum absolute atomic E-state index is 0.0674. The summed E-state index contributed by atoms with van der Waals surface area (Å²) in [6.07, 6.45) is 0.476. The third kappa shape index (κ3) is 12.1. The van der Waals surface area contributed by atoms with E-state index in [4.69, 9.17) is 4.74 Å². The van der Waals surface area contributed by atoms with Crippen molar-refractivity contribution in [2.45, 2.75) is 64.1 Å². The van der Waals surface area contributed by atoms with Crippen molar-refractivity contribution in [1.29, 1.82) is 0 Å². The van der Waals surface area contributed by atoms with E-state index < -0.39 is 18.2 Å². The molecule has 0 aliphatic heterocycles. The van der Waals surface area contributed by atoms with E-state index in [2.05, 4.69) is 16.0 Å². The van der Waals surface area contributed by atoms with E-state index in [-0.39, 0.29) is 42.9 Å². The van der Waals surface area contributed by atoms with E-state index in [1.54, 1.807) is 6.07 Å². The van der Waals surface area contributed by atoms with Gasteiger partial charge in [-0.1, -0.05) is 105 Å². The normalized spacial score (nSPS) is 12.9. The van der Waals surface area contributed by atoms with E-state index in [1.165, 1.54) is 0 Å². The lowest BCUT2D eigenvalue weighted by Crippen LogP contribution is -2.55. The summed E-state index contributed by atoms with van der Waals surface area (Å²) in [5.74, 6) is 0.251. The predicted octanol–water partition coefficient (Wildman–Crippen LogP) is 5.39. The fourth-order valence-corrected chi connectivity index (χ4v) is 5.27. The summed E-state index contributed by atoms with van der Waals surface area (Å²) in [6, 6.07) is 34.7. The van der Waals surface area contributed by atoms with Crippen LogP contribution in [0.2, 0.25) is 0 Å². The molecule has 0 saturated heterocycles. The van der Waals surface area contributed by atoms with Crippen LogP contribution in [0.1, 0.15) is 43.4 Å². The molecule has 0 bridgehead atoms. The van der Waals surface area contributed by atoms with E-state index >= 15 is 0 Å². The lowest BCUT2D eigenvalue weighted by molar-refractivity contribution is -0.130. The molecule has 246 valence electrons. The van der Waals surface area contributed by atoms with Crippen LogP contribution in [0.15, 0.2) is 115 Å². The third-order valence-corrected chi connectivity index (χ3v) is 7.84. The summed E-state index contributed by atoms with van der Waals surface area (Å²) in [6.45, 7) is 4.23. The summed E-state index contributed by atoms with van der Waals surface area (Å²) < 4.78 is 5.90. The standard InChI is InChI=1S/C39H45N3O5/c1-28(2)38(42-37(45)27-31-17-12-20-33(25-31)47-32-18-10-5-11-19-32)39(46)41-34(26-30-15-8-4-9-16-30)35(43)21-22-36(44)40-24-23-29-13-6-3-7-14-29/h3-20,25,28,34-35,38,43H,21-24,26-27H2,1-2H3,(H,40,44)(H,41,46)(H,42,45)/t34-,35-,38?/m0/s1. The zero-order valence-corrected chi connectivity index (χ0v) is 27.1. The fourth-order valence-electron chi connectivity index (χ4n) is 5.27. The highest BCUT2D eigenvalue weighted by Crippen LogP contribution is 2.22. The maximum absolute atomic E-state index is 13.6. The first-order chi connectivity index (χ1) is 22.8. The Bertz CT molecular complexity index is 1550. The number of nitrogens with one attached hydrogen (secondary N) is 3. The SMILES string of the molecule is CC(C)C(NC(=O)Cc1cccc(Oc2ccccc2)c1)C(=O)N[C@@H](Cc1ccccc1)[C@@H](O)CCC(=O)NCCc1ccccc1. The van der Waals surface area contributed by atoms with E-state index in [0.29, 0.717) is 24.5 Å². The number of rotatable bonds is 17. The second-order valence-corrected chi connectivity index (χ2v) is 12.0.